The van der Waals surface area contributed by atoms with Crippen LogP contribution >= 0.6 is 0 Å². The van der Waals surface area contributed by atoms with Crippen molar-refractivity contribution in [3.8, 4) is 11.1 Å². The van der Waals surface area contributed by atoms with Crippen molar-refractivity contribution in [1.29, 1.82) is 0 Å². The highest BCUT2D eigenvalue weighted by atomic mass is 16.5. The van der Waals surface area contributed by atoms with Gasteiger partial charge < -0.3 is 30.3 Å². The number of amides is 2. The molecule has 9 nitrogen and oxygen atoms in total. The Kier molecular flexibility index (Phi) is 9.30. The van der Waals surface area contributed by atoms with Crippen molar-refractivity contribution in [2.45, 2.75) is 44.1 Å². The Bertz CT molecular complexity index is 1250. The van der Waals surface area contributed by atoms with E-state index in [-0.39, 0.29) is 32.1 Å². The highest BCUT2D eigenvalue weighted by Crippen LogP contribution is 2.44. The van der Waals surface area contributed by atoms with Gasteiger partial charge in [-0.1, -0.05) is 78.9 Å². The van der Waals surface area contributed by atoms with E-state index in [0.29, 0.717) is 0 Å². The van der Waals surface area contributed by atoms with Crippen molar-refractivity contribution in [2.75, 3.05) is 13.2 Å². The minimum Gasteiger partial charge on any atom is -0.479 e. The number of alkyl carbamates (subject to hydrolysis) is 1. The summed E-state index contributed by atoms with van der Waals surface area (Å²) in [5.41, 5.74) is 5.24. The summed E-state index contributed by atoms with van der Waals surface area (Å²) < 4.78 is 11.5. The van der Waals surface area contributed by atoms with E-state index >= 15 is 0 Å². The van der Waals surface area contributed by atoms with Crippen molar-refractivity contribution < 1.29 is 34.1 Å². The largest absolute Gasteiger partial charge is 0.479 e. The van der Waals surface area contributed by atoms with Crippen molar-refractivity contribution >= 4 is 18.0 Å². The van der Waals surface area contributed by atoms with E-state index in [0.717, 1.165) is 27.8 Å². The van der Waals surface area contributed by atoms with Crippen LogP contribution in [0.3, 0.4) is 0 Å². The molecule has 1 aliphatic rings. The molecule has 0 bridgehead atoms. The fourth-order valence-corrected chi connectivity index (χ4v) is 4.63. The molecule has 3 atom stereocenters. The predicted molar refractivity (Wildman–Crippen MR) is 144 cm³/mol. The van der Waals surface area contributed by atoms with Crippen LogP contribution in [0.25, 0.3) is 11.1 Å². The average molecular weight is 533 g/mol. The number of aliphatic hydroxyl groups excluding tert-OH is 1. The molecule has 0 fully saturated rings. The van der Waals surface area contributed by atoms with E-state index in [1.807, 2.05) is 78.9 Å². The SMILES string of the molecule is C[C@H](OCc1ccccc1)[C@@H](NC(=O)OCC1c2ccccc2-c2ccccc21)C(=O)NCC[C@H](O)C(=O)O. The molecule has 0 spiro atoms. The summed E-state index contributed by atoms with van der Waals surface area (Å²) in [5.74, 6) is -2.10. The van der Waals surface area contributed by atoms with Crippen LogP contribution in [0.4, 0.5) is 4.79 Å². The highest BCUT2D eigenvalue weighted by Gasteiger charge is 2.31. The molecule has 204 valence electrons. The molecule has 0 aromatic heterocycles. The summed E-state index contributed by atoms with van der Waals surface area (Å²) in [6.45, 7) is 1.86. The number of aliphatic carboxylic acids is 1. The molecule has 0 aliphatic heterocycles. The van der Waals surface area contributed by atoms with Crippen LogP contribution in [0.5, 0.6) is 0 Å². The van der Waals surface area contributed by atoms with Gasteiger partial charge in [0.1, 0.15) is 12.6 Å². The smallest absolute Gasteiger partial charge is 0.407 e. The lowest BCUT2D eigenvalue weighted by molar-refractivity contribution is -0.147. The molecule has 0 saturated heterocycles. The lowest BCUT2D eigenvalue weighted by Gasteiger charge is -2.25. The standard InChI is InChI=1S/C30H32N2O7/c1-19(38-17-20-9-3-2-4-10-20)27(28(34)31-16-15-26(33)29(35)36)32-30(37)39-18-25-23-13-7-5-11-21(23)22-12-6-8-14-24(22)25/h2-14,19,25-27,33H,15-18H2,1H3,(H,31,34)(H,32,37)(H,35,36)/t19-,26-,27+/m0/s1. The minimum absolute atomic E-state index is 0.0816. The van der Waals surface area contributed by atoms with Crippen LogP contribution in [0, 0.1) is 0 Å². The zero-order valence-electron chi connectivity index (χ0n) is 21.6. The number of aliphatic hydroxyl groups is 1. The molecular weight excluding hydrogens is 500 g/mol. The van der Waals surface area contributed by atoms with Crippen molar-refractivity contribution in [1.82, 2.24) is 10.6 Å². The molecular formula is C30H32N2O7. The molecule has 4 rings (SSSR count). The van der Waals surface area contributed by atoms with Gasteiger partial charge in [-0.25, -0.2) is 9.59 Å². The van der Waals surface area contributed by atoms with E-state index in [4.69, 9.17) is 14.6 Å². The van der Waals surface area contributed by atoms with Gasteiger partial charge in [0.05, 0.1) is 12.7 Å². The molecule has 9 heteroatoms. The van der Waals surface area contributed by atoms with Gasteiger partial charge in [-0.05, 0) is 34.7 Å². The van der Waals surface area contributed by atoms with Gasteiger partial charge >= 0.3 is 12.1 Å². The Morgan fingerprint density at radius 3 is 2.10 bits per heavy atom. The fourth-order valence-electron chi connectivity index (χ4n) is 4.63. The molecule has 4 N–H and O–H groups in total. The Morgan fingerprint density at radius 2 is 1.49 bits per heavy atom. The van der Waals surface area contributed by atoms with E-state index < -0.39 is 36.2 Å². The number of hydrogen-bond acceptors (Lipinski definition) is 6. The normalized spacial score (nSPS) is 14.4. The summed E-state index contributed by atoms with van der Waals surface area (Å²) in [6.07, 6.45) is -3.31. The molecule has 3 aromatic carbocycles. The van der Waals surface area contributed by atoms with E-state index in [9.17, 15) is 19.5 Å². The number of ether oxygens (including phenoxy) is 2. The maximum Gasteiger partial charge on any atom is 0.407 e. The molecule has 0 heterocycles. The fraction of sp³-hybridized carbons (Fsp3) is 0.300. The Hall–Kier alpha value is -4.21. The first kappa shape index (κ1) is 27.8. The number of nitrogens with one attached hydrogen (secondary N) is 2. The summed E-state index contributed by atoms with van der Waals surface area (Å²) in [5, 5.41) is 23.5. The van der Waals surface area contributed by atoms with Crippen LogP contribution in [-0.4, -0.2) is 59.6 Å². The molecule has 1 aliphatic carbocycles. The number of carbonyl (C=O) groups is 3. The van der Waals surface area contributed by atoms with Gasteiger partial charge in [-0.15, -0.1) is 0 Å². The quantitative estimate of drug-likeness (QED) is 0.281. The molecule has 0 radical (unpaired) electrons. The molecule has 39 heavy (non-hydrogen) atoms. The second-order valence-corrected chi connectivity index (χ2v) is 9.38. The third kappa shape index (κ3) is 7.01. The van der Waals surface area contributed by atoms with Gasteiger partial charge in [0.2, 0.25) is 5.91 Å². The average Bonchev–Trinajstić information content (AvgIpc) is 3.27. The Morgan fingerprint density at radius 1 is 0.897 bits per heavy atom. The van der Waals surface area contributed by atoms with Gasteiger partial charge in [0.25, 0.3) is 0 Å². The van der Waals surface area contributed by atoms with Crippen molar-refractivity contribution in [3.63, 3.8) is 0 Å². The molecule has 0 unspecified atom stereocenters. The van der Waals surface area contributed by atoms with Gasteiger partial charge in [-0.2, -0.15) is 0 Å². The third-order valence-electron chi connectivity index (χ3n) is 6.73. The second kappa shape index (κ2) is 13.0. The van der Waals surface area contributed by atoms with Crippen LogP contribution in [0.2, 0.25) is 0 Å². The first-order valence-electron chi connectivity index (χ1n) is 12.8. The lowest BCUT2D eigenvalue weighted by atomic mass is 9.98. The minimum atomic E-state index is -1.61. The van der Waals surface area contributed by atoms with Gasteiger partial charge in [0.15, 0.2) is 6.10 Å². The maximum absolute atomic E-state index is 13.0. The van der Waals surface area contributed by atoms with Crippen LogP contribution in [0.15, 0.2) is 78.9 Å². The highest BCUT2D eigenvalue weighted by molar-refractivity contribution is 5.86. The number of carboxylic acid groups (broad SMARTS) is 1. The first-order chi connectivity index (χ1) is 18.8. The summed E-state index contributed by atoms with van der Waals surface area (Å²) in [7, 11) is 0. The zero-order chi connectivity index (χ0) is 27.8. The summed E-state index contributed by atoms with van der Waals surface area (Å²) in [6, 6.07) is 24.2. The Balaban J connectivity index is 1.40. The number of fused-ring (bicyclic) bond motifs is 3. The van der Waals surface area contributed by atoms with Gasteiger partial charge in [0, 0.05) is 18.9 Å². The summed E-state index contributed by atoms with van der Waals surface area (Å²) in [4.78, 5) is 36.7. The number of carboxylic acids is 1. The predicted octanol–water partition coefficient (Wildman–Crippen LogP) is 3.45. The van der Waals surface area contributed by atoms with Crippen LogP contribution < -0.4 is 10.6 Å². The van der Waals surface area contributed by atoms with Crippen LogP contribution in [-0.2, 0) is 25.7 Å². The number of benzene rings is 3. The maximum atomic E-state index is 13.0. The monoisotopic (exact) mass is 532 g/mol. The number of rotatable bonds is 12. The lowest BCUT2D eigenvalue weighted by Crippen LogP contribution is -2.53. The van der Waals surface area contributed by atoms with E-state index in [1.54, 1.807) is 6.92 Å². The van der Waals surface area contributed by atoms with E-state index in [1.165, 1.54) is 0 Å². The topological polar surface area (TPSA) is 134 Å². The molecule has 0 saturated carbocycles. The van der Waals surface area contributed by atoms with Crippen molar-refractivity contribution in [2.24, 2.45) is 0 Å². The zero-order valence-corrected chi connectivity index (χ0v) is 21.6. The summed E-state index contributed by atoms with van der Waals surface area (Å²) >= 11 is 0. The van der Waals surface area contributed by atoms with E-state index in [2.05, 4.69) is 10.6 Å². The van der Waals surface area contributed by atoms with Gasteiger partial charge in [-0.3, -0.25) is 4.79 Å². The molecule has 3 aromatic rings. The number of hydrogen-bond donors (Lipinski definition) is 4. The second-order valence-electron chi connectivity index (χ2n) is 9.38. The van der Waals surface area contributed by atoms with Crippen molar-refractivity contribution in [3.05, 3.63) is 95.6 Å². The van der Waals surface area contributed by atoms with Crippen LogP contribution in [0.1, 0.15) is 36.0 Å². The molecule has 2 amide bonds. The first-order valence-corrected chi connectivity index (χ1v) is 12.8. The third-order valence-corrected chi connectivity index (χ3v) is 6.73. The number of carbonyl (C=O) groups excluding carboxylic acids is 2. The Labute approximate surface area is 226 Å².